The van der Waals surface area contributed by atoms with Crippen LogP contribution in [0, 0.1) is 0 Å². The highest BCUT2D eigenvalue weighted by molar-refractivity contribution is 6.07. The topological polar surface area (TPSA) is 98.9 Å². The Morgan fingerprint density at radius 1 is 1.12 bits per heavy atom. The fourth-order valence-electron chi connectivity index (χ4n) is 2.69. The minimum Gasteiger partial charge on any atom is -0.339 e. The van der Waals surface area contributed by atoms with Crippen LogP contribution in [0.1, 0.15) is 23.0 Å². The van der Waals surface area contributed by atoms with E-state index >= 15 is 0 Å². The summed E-state index contributed by atoms with van der Waals surface area (Å²) >= 11 is 0. The lowest BCUT2D eigenvalue weighted by Gasteiger charge is -2.15. The zero-order chi connectivity index (χ0) is 18.5. The summed E-state index contributed by atoms with van der Waals surface area (Å²) in [4.78, 5) is 24.9. The molecule has 0 saturated heterocycles. The van der Waals surface area contributed by atoms with Crippen LogP contribution in [0.15, 0.2) is 48.5 Å². The summed E-state index contributed by atoms with van der Waals surface area (Å²) < 4.78 is 0. The van der Waals surface area contributed by atoms with Crippen molar-refractivity contribution in [2.45, 2.75) is 19.5 Å². The molecule has 0 aliphatic rings. The van der Waals surface area contributed by atoms with Crippen LogP contribution >= 0.6 is 0 Å². The molecule has 7 heteroatoms. The molecule has 0 fully saturated rings. The largest absolute Gasteiger partial charge is 0.339 e. The number of aromatic nitrogens is 2. The van der Waals surface area contributed by atoms with Gasteiger partial charge < -0.3 is 16.0 Å². The van der Waals surface area contributed by atoms with Gasteiger partial charge in [-0.15, -0.1) is 0 Å². The third kappa shape index (κ3) is 3.73. The van der Waals surface area contributed by atoms with E-state index in [2.05, 4.69) is 26.1 Å². The Morgan fingerprint density at radius 2 is 1.85 bits per heavy atom. The summed E-state index contributed by atoms with van der Waals surface area (Å²) in [6.45, 7) is 2.28. The van der Waals surface area contributed by atoms with Crippen LogP contribution in [0.4, 0.5) is 5.69 Å². The van der Waals surface area contributed by atoms with Gasteiger partial charge in [0.1, 0.15) is 6.04 Å². The number of benzene rings is 2. The lowest BCUT2D eigenvalue weighted by Crippen LogP contribution is -2.42. The number of fused-ring (bicyclic) bond motifs is 1. The lowest BCUT2D eigenvalue weighted by molar-refractivity contribution is -0.117. The number of amides is 2. The van der Waals surface area contributed by atoms with Crippen molar-refractivity contribution < 1.29 is 9.59 Å². The first-order chi connectivity index (χ1) is 12.6. The van der Waals surface area contributed by atoms with Crippen molar-refractivity contribution in [3.05, 3.63) is 59.8 Å². The van der Waals surface area contributed by atoms with Gasteiger partial charge >= 0.3 is 0 Å². The summed E-state index contributed by atoms with van der Waals surface area (Å²) in [5.74, 6) is -0.685. The smallest absolute Gasteiger partial charge is 0.273 e. The number of anilines is 1. The molecule has 7 nitrogen and oxygen atoms in total. The third-order valence-electron chi connectivity index (χ3n) is 4.07. The molecule has 1 heterocycles. The van der Waals surface area contributed by atoms with Crippen molar-refractivity contribution in [3.63, 3.8) is 0 Å². The summed E-state index contributed by atoms with van der Waals surface area (Å²) in [5.41, 5.74) is 2.74. The SMILES string of the molecule is CNCc1ccccc1NC(=O)C(C)NC(=O)c1n[nH]c2ccccc12. The van der Waals surface area contributed by atoms with Gasteiger partial charge in [0.05, 0.1) is 5.52 Å². The minimum atomic E-state index is -0.708. The van der Waals surface area contributed by atoms with E-state index in [4.69, 9.17) is 0 Å². The van der Waals surface area contributed by atoms with Crippen LogP contribution in [-0.2, 0) is 11.3 Å². The van der Waals surface area contributed by atoms with Crippen molar-refractivity contribution in [2.75, 3.05) is 12.4 Å². The molecular weight excluding hydrogens is 330 g/mol. The van der Waals surface area contributed by atoms with E-state index in [0.717, 1.165) is 22.2 Å². The molecule has 0 saturated carbocycles. The van der Waals surface area contributed by atoms with Crippen LogP contribution < -0.4 is 16.0 Å². The first-order valence-electron chi connectivity index (χ1n) is 8.37. The van der Waals surface area contributed by atoms with Gasteiger partial charge in [0.2, 0.25) is 5.91 Å². The standard InChI is InChI=1S/C19H21N5O2/c1-12(18(25)22-15-9-5-3-7-13(15)11-20-2)21-19(26)17-14-8-4-6-10-16(14)23-24-17/h3-10,12,20H,11H2,1-2H3,(H,21,26)(H,22,25)(H,23,24). The molecule has 26 heavy (non-hydrogen) atoms. The molecular formula is C19H21N5O2. The van der Waals surface area contributed by atoms with Crippen molar-refractivity contribution in [1.29, 1.82) is 0 Å². The summed E-state index contributed by atoms with van der Waals surface area (Å²) in [7, 11) is 1.84. The number of para-hydroxylation sites is 2. The van der Waals surface area contributed by atoms with E-state index < -0.39 is 11.9 Å². The Kier molecular flexibility index (Phi) is 5.28. The maximum Gasteiger partial charge on any atom is 0.273 e. The number of hydrogen-bond donors (Lipinski definition) is 4. The first-order valence-corrected chi connectivity index (χ1v) is 8.37. The van der Waals surface area contributed by atoms with Crippen LogP contribution in [0.2, 0.25) is 0 Å². The van der Waals surface area contributed by atoms with E-state index in [1.54, 1.807) is 6.92 Å². The van der Waals surface area contributed by atoms with Crippen LogP contribution in [0.3, 0.4) is 0 Å². The summed E-state index contributed by atoms with van der Waals surface area (Å²) in [6, 6.07) is 14.2. The van der Waals surface area contributed by atoms with E-state index in [1.807, 2.05) is 55.6 Å². The van der Waals surface area contributed by atoms with Gasteiger partial charge in [0.25, 0.3) is 5.91 Å². The van der Waals surface area contributed by atoms with E-state index in [9.17, 15) is 9.59 Å². The maximum absolute atomic E-state index is 12.5. The van der Waals surface area contributed by atoms with Gasteiger partial charge in [-0.3, -0.25) is 14.7 Å². The average molecular weight is 351 g/mol. The molecule has 0 aliphatic heterocycles. The van der Waals surface area contributed by atoms with Gasteiger partial charge in [0.15, 0.2) is 5.69 Å². The molecule has 1 aromatic heterocycles. The molecule has 0 aliphatic carbocycles. The second kappa shape index (κ2) is 7.79. The van der Waals surface area contributed by atoms with Gasteiger partial charge in [-0.1, -0.05) is 36.4 Å². The highest BCUT2D eigenvalue weighted by Crippen LogP contribution is 2.16. The number of aromatic amines is 1. The molecule has 0 radical (unpaired) electrons. The van der Waals surface area contributed by atoms with E-state index in [-0.39, 0.29) is 11.6 Å². The zero-order valence-electron chi connectivity index (χ0n) is 14.7. The predicted octanol–water partition coefficient (Wildman–Crippen LogP) is 2.04. The number of carbonyl (C=O) groups excluding carboxylic acids is 2. The Balaban J connectivity index is 1.69. The highest BCUT2D eigenvalue weighted by atomic mass is 16.2. The fourth-order valence-corrected chi connectivity index (χ4v) is 2.69. The van der Waals surface area contributed by atoms with Crippen molar-refractivity contribution in [1.82, 2.24) is 20.8 Å². The number of nitrogens with one attached hydrogen (secondary N) is 4. The average Bonchev–Trinajstić information content (AvgIpc) is 3.07. The van der Waals surface area contributed by atoms with Gasteiger partial charge in [-0.2, -0.15) is 5.10 Å². The second-order valence-electron chi connectivity index (χ2n) is 5.99. The Hall–Kier alpha value is -3.19. The molecule has 0 spiro atoms. The van der Waals surface area contributed by atoms with Crippen LogP contribution in [0.25, 0.3) is 10.9 Å². The number of hydrogen-bond acceptors (Lipinski definition) is 4. The third-order valence-corrected chi connectivity index (χ3v) is 4.07. The fraction of sp³-hybridized carbons (Fsp3) is 0.211. The normalized spacial score (nSPS) is 11.9. The molecule has 0 bridgehead atoms. The van der Waals surface area contributed by atoms with Gasteiger partial charge in [-0.25, -0.2) is 0 Å². The molecule has 2 aromatic carbocycles. The Labute approximate surface area is 151 Å². The number of H-pyrrole nitrogens is 1. The number of nitrogens with zero attached hydrogens (tertiary/aromatic N) is 1. The quantitative estimate of drug-likeness (QED) is 0.546. The number of carbonyl (C=O) groups is 2. The van der Waals surface area contributed by atoms with E-state index in [1.165, 1.54) is 0 Å². The van der Waals surface area contributed by atoms with Crippen molar-refractivity contribution in [3.8, 4) is 0 Å². The maximum atomic E-state index is 12.5. The van der Waals surface area contributed by atoms with Gasteiger partial charge in [0, 0.05) is 17.6 Å². The lowest BCUT2D eigenvalue weighted by atomic mass is 10.1. The molecule has 3 rings (SSSR count). The molecule has 2 amide bonds. The second-order valence-corrected chi connectivity index (χ2v) is 5.99. The van der Waals surface area contributed by atoms with Crippen LogP contribution in [-0.4, -0.2) is 35.1 Å². The highest BCUT2D eigenvalue weighted by Gasteiger charge is 2.20. The summed E-state index contributed by atoms with van der Waals surface area (Å²) in [6.07, 6.45) is 0. The van der Waals surface area contributed by atoms with E-state index in [0.29, 0.717) is 6.54 Å². The number of rotatable bonds is 6. The Morgan fingerprint density at radius 3 is 2.65 bits per heavy atom. The van der Waals surface area contributed by atoms with Crippen molar-refractivity contribution >= 4 is 28.4 Å². The molecule has 1 unspecified atom stereocenters. The minimum absolute atomic E-state index is 0.274. The summed E-state index contributed by atoms with van der Waals surface area (Å²) in [5, 5.41) is 16.2. The monoisotopic (exact) mass is 351 g/mol. The zero-order valence-corrected chi connectivity index (χ0v) is 14.7. The van der Waals surface area contributed by atoms with Gasteiger partial charge in [-0.05, 0) is 31.7 Å². The molecule has 3 aromatic rings. The Bertz CT molecular complexity index is 934. The van der Waals surface area contributed by atoms with Crippen LogP contribution in [0.5, 0.6) is 0 Å². The first kappa shape index (κ1) is 17.6. The molecule has 4 N–H and O–H groups in total. The molecule has 134 valence electrons. The predicted molar refractivity (Wildman–Crippen MR) is 101 cm³/mol. The van der Waals surface area contributed by atoms with Crippen molar-refractivity contribution in [2.24, 2.45) is 0 Å². The molecule has 1 atom stereocenters.